The van der Waals surface area contributed by atoms with E-state index in [1.54, 1.807) is 44.2 Å². The molecule has 2 aliphatic heterocycles. The summed E-state index contributed by atoms with van der Waals surface area (Å²) < 4.78 is 0. The van der Waals surface area contributed by atoms with Gasteiger partial charge in [-0.1, -0.05) is 94.8 Å². The van der Waals surface area contributed by atoms with Crippen molar-refractivity contribution in [2.24, 2.45) is 23.3 Å². The van der Waals surface area contributed by atoms with Crippen LogP contribution in [0.25, 0.3) is 0 Å². The highest BCUT2D eigenvalue weighted by atomic mass is 16.4. The molecule has 2 aromatic carbocycles. The first kappa shape index (κ1) is 80.6. The fraction of sp³-hybridized carbons (Fsp3) is 0.582. The Labute approximate surface area is 576 Å². The number of amides is 11. The van der Waals surface area contributed by atoms with Gasteiger partial charge < -0.3 is 83.8 Å². The van der Waals surface area contributed by atoms with Crippen LogP contribution in [0.1, 0.15) is 160 Å². The van der Waals surface area contributed by atoms with Crippen LogP contribution in [0.2, 0.25) is 0 Å². The van der Waals surface area contributed by atoms with Crippen molar-refractivity contribution in [3.8, 4) is 5.75 Å². The van der Waals surface area contributed by atoms with E-state index in [0.717, 1.165) is 29.1 Å². The van der Waals surface area contributed by atoms with Gasteiger partial charge in [-0.05, 0) is 92.9 Å². The number of carboxylic acid groups (broad SMARTS) is 5. The molecule has 11 amide bonds. The van der Waals surface area contributed by atoms with Gasteiger partial charge in [0.05, 0.1) is 12.5 Å². The number of aromatic hydroxyl groups is 1. The number of phenolic OH excluding ortho intramolecular Hbond substituents is 1. The number of imide groups is 1. The van der Waals surface area contributed by atoms with Gasteiger partial charge in [0.2, 0.25) is 59.1 Å². The van der Waals surface area contributed by atoms with Crippen molar-refractivity contribution in [1.82, 2.24) is 46.6 Å². The van der Waals surface area contributed by atoms with Gasteiger partial charge in [0.25, 0.3) is 5.91 Å². The first-order valence-corrected chi connectivity index (χ1v) is 33.6. The summed E-state index contributed by atoms with van der Waals surface area (Å²) >= 11 is 0. The van der Waals surface area contributed by atoms with Gasteiger partial charge in [-0.25, -0.2) is 4.79 Å². The average Bonchev–Trinajstić information content (AvgIpc) is 1.59. The van der Waals surface area contributed by atoms with Gasteiger partial charge in [-0.2, -0.15) is 0 Å². The molecule has 11 atom stereocenters. The highest BCUT2D eigenvalue weighted by Gasteiger charge is 2.46. The number of rotatable bonds is 40. The molecule has 2 saturated heterocycles. The Kier molecular flexibility index (Phi) is 31.8. The van der Waals surface area contributed by atoms with Gasteiger partial charge in [0.15, 0.2) is 0 Å². The van der Waals surface area contributed by atoms with Crippen LogP contribution in [-0.2, 0) is 89.6 Å². The molecule has 548 valence electrons. The van der Waals surface area contributed by atoms with Crippen molar-refractivity contribution >= 4 is 94.8 Å². The standard InChI is InChI=1S/C67H93N11O22/c1-3-37(2)57(75-62(94)49-17-10-32-76(49)64(96)45(24-30-55(86)87)73-60(92)46(35-39-14-8-5-9-15-39)70-52(81)27-31-56(88)89)66(98)77-33-11-16-48(77)61(93)72-44(23-29-54(84)85)58(90)71-43(22-28-53(82)83)59(91)74-47(36-40-18-20-41(79)21-19-40)65(97)78(50(67(99)100)25-26-51(69)80)63(95)42(68)34-38-12-6-4-7-13-38/h5,8-9,14-15,18-21,37-38,42-50,57,79H,3-4,6-7,10-13,16-17,22-36,68H2,1-2H3,(H2,69,80)(H,70,81)(H,71,90)(H,72,93)(H,73,92)(H,74,91)(H,75,94)(H,82,83)(H,84,85)(H,86,87)(H,88,89)(H,99,100)/t37-,42-,43-,44-,45-,46-,47-,48-,49-,50-,57-/m0/s1. The van der Waals surface area contributed by atoms with E-state index < -0.39 is 232 Å². The Morgan fingerprint density at radius 3 is 1.52 bits per heavy atom. The third-order valence-corrected chi connectivity index (χ3v) is 18.1. The van der Waals surface area contributed by atoms with Crippen molar-refractivity contribution in [2.45, 2.75) is 222 Å². The predicted molar refractivity (Wildman–Crippen MR) is 351 cm³/mol. The second kappa shape index (κ2) is 39.5. The van der Waals surface area contributed by atoms with Gasteiger partial charge in [0, 0.05) is 58.0 Å². The summed E-state index contributed by atoms with van der Waals surface area (Å²) in [6.45, 7) is 3.21. The van der Waals surface area contributed by atoms with E-state index in [9.17, 15) is 97.5 Å². The van der Waals surface area contributed by atoms with Crippen LogP contribution in [0.4, 0.5) is 0 Å². The number of hydrogen-bond donors (Lipinski definition) is 14. The quantitative estimate of drug-likeness (QED) is 0.0416. The minimum absolute atomic E-state index is 0.0328. The van der Waals surface area contributed by atoms with E-state index in [2.05, 4.69) is 31.9 Å². The third kappa shape index (κ3) is 25.0. The number of carboxylic acids is 5. The number of carbonyl (C=O) groups excluding carboxylic acids is 11. The van der Waals surface area contributed by atoms with E-state index in [1.165, 1.54) is 24.3 Å². The molecule has 0 unspecified atom stereocenters. The molecule has 100 heavy (non-hydrogen) atoms. The number of nitrogens with zero attached hydrogens (tertiary/aromatic N) is 3. The normalized spacial score (nSPS) is 17.9. The summed E-state index contributed by atoms with van der Waals surface area (Å²) in [6.07, 6.45) is -2.37. The molecule has 0 bridgehead atoms. The zero-order valence-corrected chi connectivity index (χ0v) is 56.0. The first-order valence-electron chi connectivity index (χ1n) is 33.6. The molecule has 5 rings (SSSR count). The lowest BCUT2D eigenvalue weighted by Gasteiger charge is -2.34. The third-order valence-electron chi connectivity index (χ3n) is 18.1. The van der Waals surface area contributed by atoms with Crippen LogP contribution < -0.4 is 43.4 Å². The SMILES string of the molecule is CC[C@H](C)[C@H](NC(=O)[C@@H]1CCCN1C(=O)[C@H](CCC(=O)O)NC(=O)[C@H](Cc1ccccc1)NC(=O)CCC(=O)O)C(=O)N1CCC[C@H]1C(=O)N[C@@H](CCC(=O)O)C(=O)N[C@@H](CCC(=O)O)C(=O)N[C@@H](Cc1ccc(O)cc1)C(=O)N(C(=O)[C@@H](N)CC1CCCCC1)[C@@H](CCC(N)=O)C(=O)O. The van der Waals surface area contributed by atoms with E-state index in [4.69, 9.17) is 16.6 Å². The van der Waals surface area contributed by atoms with E-state index >= 15 is 4.79 Å². The molecule has 2 heterocycles. The van der Waals surface area contributed by atoms with E-state index in [-0.39, 0.29) is 75.3 Å². The average molecular weight is 1400 g/mol. The Balaban J connectivity index is 1.39. The maximum Gasteiger partial charge on any atom is 0.326 e. The molecular weight excluding hydrogens is 1310 g/mol. The molecule has 0 spiro atoms. The number of benzene rings is 2. The minimum Gasteiger partial charge on any atom is -0.508 e. The molecule has 16 N–H and O–H groups in total. The highest BCUT2D eigenvalue weighted by molar-refractivity contribution is 6.05. The van der Waals surface area contributed by atoms with Crippen molar-refractivity contribution < 1.29 is 107 Å². The second-order valence-electron chi connectivity index (χ2n) is 25.6. The maximum absolute atomic E-state index is 15.0. The zero-order valence-electron chi connectivity index (χ0n) is 56.0. The number of phenols is 1. The first-order chi connectivity index (χ1) is 47.4. The molecule has 1 saturated carbocycles. The number of primary amides is 1. The lowest BCUT2D eigenvalue weighted by Crippen LogP contribution is -2.62. The Morgan fingerprint density at radius 1 is 0.510 bits per heavy atom. The van der Waals surface area contributed by atoms with Crippen molar-refractivity contribution in [3.05, 3.63) is 65.7 Å². The molecule has 3 aliphatic rings. The summed E-state index contributed by atoms with van der Waals surface area (Å²) in [7, 11) is 0. The number of carbonyl (C=O) groups is 16. The molecule has 3 fully saturated rings. The van der Waals surface area contributed by atoms with Crippen LogP contribution >= 0.6 is 0 Å². The van der Waals surface area contributed by atoms with Crippen LogP contribution in [0.15, 0.2) is 54.6 Å². The summed E-state index contributed by atoms with van der Waals surface area (Å²) in [5.74, 6) is -19.5. The topological polar surface area (TPSA) is 528 Å². The molecule has 1 aliphatic carbocycles. The van der Waals surface area contributed by atoms with Crippen LogP contribution in [0, 0.1) is 11.8 Å². The molecule has 33 heteroatoms. The number of nitrogens with two attached hydrogens (primary N) is 2. The van der Waals surface area contributed by atoms with Crippen LogP contribution in [0.3, 0.4) is 0 Å². The van der Waals surface area contributed by atoms with Crippen molar-refractivity contribution in [3.63, 3.8) is 0 Å². The maximum atomic E-state index is 15.0. The number of likely N-dealkylation sites (tertiary alicyclic amines) is 2. The molecule has 0 aromatic heterocycles. The molecule has 0 radical (unpaired) electrons. The van der Waals surface area contributed by atoms with Crippen LogP contribution in [-0.4, -0.2) is 214 Å². The molecular formula is C67H93N11O22. The summed E-state index contributed by atoms with van der Waals surface area (Å²) in [5.41, 5.74) is 12.6. The van der Waals surface area contributed by atoms with E-state index in [0.29, 0.717) is 23.3 Å². The van der Waals surface area contributed by atoms with Gasteiger partial charge in [0.1, 0.15) is 60.1 Å². The fourth-order valence-corrected chi connectivity index (χ4v) is 12.5. The molecule has 2 aromatic rings. The smallest absolute Gasteiger partial charge is 0.326 e. The summed E-state index contributed by atoms with van der Waals surface area (Å²) in [5, 5.41) is 74.1. The Hall–Kier alpha value is -10.1. The van der Waals surface area contributed by atoms with Gasteiger partial charge in [-0.3, -0.25) is 76.8 Å². The van der Waals surface area contributed by atoms with Gasteiger partial charge >= 0.3 is 29.8 Å². The van der Waals surface area contributed by atoms with Crippen molar-refractivity contribution in [2.75, 3.05) is 13.1 Å². The van der Waals surface area contributed by atoms with Gasteiger partial charge in [-0.15, -0.1) is 0 Å². The summed E-state index contributed by atoms with van der Waals surface area (Å²) in [4.78, 5) is 219. The lowest BCUT2D eigenvalue weighted by atomic mass is 9.84. The summed E-state index contributed by atoms with van der Waals surface area (Å²) in [6, 6.07) is -2.76. The fourth-order valence-electron chi connectivity index (χ4n) is 12.5. The highest BCUT2D eigenvalue weighted by Crippen LogP contribution is 2.29. The monoisotopic (exact) mass is 1400 g/mol. The lowest BCUT2D eigenvalue weighted by molar-refractivity contribution is -0.160. The van der Waals surface area contributed by atoms with Crippen LogP contribution in [0.5, 0.6) is 5.75 Å². The van der Waals surface area contributed by atoms with Crippen molar-refractivity contribution in [1.29, 1.82) is 0 Å². The number of nitrogens with one attached hydrogen (secondary N) is 6. The number of hydrogen-bond acceptors (Lipinski definition) is 18. The largest absolute Gasteiger partial charge is 0.508 e. The number of aliphatic carboxylic acids is 5. The van der Waals surface area contributed by atoms with E-state index in [1.807, 2.05) is 0 Å². The second-order valence-corrected chi connectivity index (χ2v) is 25.6. The Morgan fingerprint density at radius 2 is 0.990 bits per heavy atom. The zero-order chi connectivity index (χ0) is 73.9. The predicted octanol–water partition coefficient (Wildman–Crippen LogP) is -0.0549. The minimum atomic E-state index is -2.07. The Bertz CT molecular complexity index is 3280. The molecule has 33 nitrogen and oxygen atoms in total.